The first-order valence-electron chi connectivity index (χ1n) is 10.1. The van der Waals surface area contributed by atoms with E-state index < -0.39 is 0 Å². The first-order valence-corrected chi connectivity index (χ1v) is 11.3. The van der Waals surface area contributed by atoms with E-state index in [9.17, 15) is 4.39 Å². The van der Waals surface area contributed by atoms with Crippen LogP contribution in [0.25, 0.3) is 11.3 Å². The lowest BCUT2D eigenvalue weighted by molar-refractivity contribution is 0.199. The predicted octanol–water partition coefficient (Wildman–Crippen LogP) is 4.74. The molecule has 0 saturated carbocycles. The largest absolute Gasteiger partial charge is 0.496 e. The van der Waals surface area contributed by atoms with Gasteiger partial charge in [-0.25, -0.2) is 4.39 Å². The van der Waals surface area contributed by atoms with E-state index in [0.717, 1.165) is 53.4 Å². The van der Waals surface area contributed by atoms with Gasteiger partial charge >= 0.3 is 0 Å². The Kier molecular flexibility index (Phi) is 9.09. The molecular formula is C23H27ClFN3O2S. The van der Waals surface area contributed by atoms with Crippen molar-refractivity contribution in [2.45, 2.75) is 19.5 Å². The van der Waals surface area contributed by atoms with Crippen molar-refractivity contribution in [3.05, 3.63) is 69.0 Å². The quantitative estimate of drug-likeness (QED) is 0.418. The third-order valence-corrected chi connectivity index (χ3v) is 5.93. The van der Waals surface area contributed by atoms with Crippen molar-refractivity contribution in [3.63, 3.8) is 0 Å². The Balaban J connectivity index is 1.84. The standard InChI is InChI=1S/C23H27ClFN3O2S/c1-29-13-11-26-10-3-12-28-21(17-5-8-20(25)9-6-17)16-31-23(28)27-15-18-4-7-19(24)14-22(18)30-2/h4-9,14,16,26H,3,10-13,15H2,1-2H3/b27-23-. The highest BCUT2D eigenvalue weighted by Crippen LogP contribution is 2.24. The summed E-state index contributed by atoms with van der Waals surface area (Å²) < 4.78 is 26.1. The van der Waals surface area contributed by atoms with E-state index in [1.54, 1.807) is 43.8 Å². The number of nitrogens with zero attached hydrogens (tertiary/aromatic N) is 2. The first-order chi connectivity index (χ1) is 15.1. The van der Waals surface area contributed by atoms with Crippen LogP contribution in [0.3, 0.4) is 0 Å². The molecule has 0 unspecified atom stereocenters. The van der Waals surface area contributed by atoms with Crippen molar-refractivity contribution in [1.82, 2.24) is 9.88 Å². The maximum Gasteiger partial charge on any atom is 0.185 e. The molecule has 1 heterocycles. The normalized spacial score (nSPS) is 11.8. The van der Waals surface area contributed by atoms with Crippen LogP contribution in [0.2, 0.25) is 5.02 Å². The summed E-state index contributed by atoms with van der Waals surface area (Å²) in [5, 5.41) is 6.07. The molecule has 1 N–H and O–H groups in total. The summed E-state index contributed by atoms with van der Waals surface area (Å²) in [6.07, 6.45) is 0.937. The van der Waals surface area contributed by atoms with E-state index in [0.29, 0.717) is 18.2 Å². The summed E-state index contributed by atoms with van der Waals surface area (Å²) in [6.45, 7) is 3.67. The van der Waals surface area contributed by atoms with E-state index in [2.05, 4.69) is 15.3 Å². The van der Waals surface area contributed by atoms with E-state index in [4.69, 9.17) is 26.1 Å². The van der Waals surface area contributed by atoms with Gasteiger partial charge in [-0.2, -0.15) is 0 Å². The SMILES string of the molecule is COCCNCCCn1c(-c2ccc(F)cc2)cs/c1=N\Cc1ccc(Cl)cc1OC. The number of benzene rings is 2. The summed E-state index contributed by atoms with van der Waals surface area (Å²) >= 11 is 7.65. The maximum atomic E-state index is 13.4. The molecule has 3 rings (SSSR count). The highest BCUT2D eigenvalue weighted by molar-refractivity contribution is 7.07. The van der Waals surface area contributed by atoms with Gasteiger partial charge in [0.15, 0.2) is 4.80 Å². The minimum absolute atomic E-state index is 0.243. The summed E-state index contributed by atoms with van der Waals surface area (Å²) in [5.41, 5.74) is 2.97. The topological polar surface area (TPSA) is 47.8 Å². The second kappa shape index (κ2) is 12.0. The van der Waals surface area contributed by atoms with Gasteiger partial charge in [0.05, 0.1) is 26.0 Å². The minimum Gasteiger partial charge on any atom is -0.496 e. The third kappa shape index (κ3) is 6.64. The highest BCUT2D eigenvalue weighted by Gasteiger charge is 2.09. The molecule has 0 bridgehead atoms. The zero-order valence-electron chi connectivity index (χ0n) is 17.7. The molecule has 0 aliphatic rings. The van der Waals surface area contributed by atoms with Crippen LogP contribution in [0.5, 0.6) is 5.75 Å². The second-order valence-corrected chi connectivity index (χ2v) is 8.20. The van der Waals surface area contributed by atoms with Gasteiger partial charge in [-0.1, -0.05) is 17.7 Å². The van der Waals surface area contributed by atoms with Crippen molar-refractivity contribution in [3.8, 4) is 17.0 Å². The molecule has 0 atom stereocenters. The third-order valence-electron chi connectivity index (χ3n) is 4.79. The zero-order valence-corrected chi connectivity index (χ0v) is 19.3. The van der Waals surface area contributed by atoms with Crippen molar-refractivity contribution in [1.29, 1.82) is 0 Å². The smallest absolute Gasteiger partial charge is 0.185 e. The van der Waals surface area contributed by atoms with Crippen LogP contribution >= 0.6 is 22.9 Å². The minimum atomic E-state index is -0.243. The molecule has 1 aromatic heterocycles. The Morgan fingerprint density at radius 1 is 1.13 bits per heavy atom. The average molecular weight is 464 g/mol. The van der Waals surface area contributed by atoms with E-state index in [1.807, 2.05) is 12.1 Å². The Bertz CT molecular complexity index is 1030. The van der Waals surface area contributed by atoms with Gasteiger partial charge in [0.1, 0.15) is 11.6 Å². The number of methoxy groups -OCH3 is 2. The molecule has 0 saturated heterocycles. The predicted molar refractivity (Wildman–Crippen MR) is 124 cm³/mol. The van der Waals surface area contributed by atoms with Crippen LogP contribution in [0.4, 0.5) is 4.39 Å². The fourth-order valence-electron chi connectivity index (χ4n) is 3.19. The molecule has 0 amide bonds. The first kappa shape index (κ1) is 23.5. The zero-order chi connectivity index (χ0) is 22.1. The maximum absolute atomic E-state index is 13.4. The van der Waals surface area contributed by atoms with Crippen molar-refractivity contribution >= 4 is 22.9 Å². The van der Waals surface area contributed by atoms with Crippen LogP contribution in [0, 0.1) is 5.82 Å². The van der Waals surface area contributed by atoms with E-state index >= 15 is 0 Å². The number of hydrogen-bond acceptors (Lipinski definition) is 5. The lowest BCUT2D eigenvalue weighted by Gasteiger charge is -2.10. The number of aromatic nitrogens is 1. The molecule has 5 nitrogen and oxygen atoms in total. The van der Waals surface area contributed by atoms with E-state index in [-0.39, 0.29) is 5.82 Å². The van der Waals surface area contributed by atoms with Crippen LogP contribution in [-0.2, 0) is 17.8 Å². The molecule has 2 aromatic carbocycles. The molecule has 8 heteroatoms. The highest BCUT2D eigenvalue weighted by atomic mass is 35.5. The summed E-state index contributed by atoms with van der Waals surface area (Å²) in [7, 11) is 3.32. The molecule has 0 aliphatic heterocycles. The molecule has 31 heavy (non-hydrogen) atoms. The molecule has 3 aromatic rings. The van der Waals surface area contributed by atoms with Crippen LogP contribution < -0.4 is 14.9 Å². The summed E-state index contributed by atoms with van der Waals surface area (Å²) in [4.78, 5) is 5.76. The number of thiazole rings is 1. The fraction of sp³-hybridized carbons (Fsp3) is 0.348. The number of hydrogen-bond donors (Lipinski definition) is 1. The summed E-state index contributed by atoms with van der Waals surface area (Å²) in [5.74, 6) is 0.480. The van der Waals surface area contributed by atoms with Gasteiger partial charge in [-0.05, 0) is 54.9 Å². The Morgan fingerprint density at radius 3 is 2.68 bits per heavy atom. The number of nitrogens with one attached hydrogen (secondary N) is 1. The summed E-state index contributed by atoms with van der Waals surface area (Å²) in [6, 6.07) is 12.1. The van der Waals surface area contributed by atoms with Gasteiger partial charge in [-0.3, -0.25) is 4.99 Å². The lowest BCUT2D eigenvalue weighted by Crippen LogP contribution is -2.23. The van der Waals surface area contributed by atoms with Crippen molar-refractivity contribution in [2.75, 3.05) is 33.9 Å². The van der Waals surface area contributed by atoms with Gasteiger partial charge in [-0.15, -0.1) is 11.3 Å². The Hall–Kier alpha value is -2.19. The van der Waals surface area contributed by atoms with Crippen LogP contribution in [-0.4, -0.2) is 38.5 Å². The Labute approximate surface area is 191 Å². The Morgan fingerprint density at radius 2 is 1.94 bits per heavy atom. The van der Waals surface area contributed by atoms with Crippen LogP contribution in [0.1, 0.15) is 12.0 Å². The van der Waals surface area contributed by atoms with Crippen molar-refractivity contribution in [2.24, 2.45) is 4.99 Å². The fourth-order valence-corrected chi connectivity index (χ4v) is 4.28. The van der Waals surface area contributed by atoms with Crippen LogP contribution in [0.15, 0.2) is 52.8 Å². The molecular weight excluding hydrogens is 437 g/mol. The second-order valence-electron chi connectivity index (χ2n) is 6.93. The monoisotopic (exact) mass is 463 g/mol. The van der Waals surface area contributed by atoms with E-state index in [1.165, 1.54) is 12.1 Å². The molecule has 0 fully saturated rings. The van der Waals surface area contributed by atoms with Gasteiger partial charge < -0.3 is 19.4 Å². The average Bonchev–Trinajstić information content (AvgIpc) is 3.18. The van der Waals surface area contributed by atoms with Gasteiger partial charge in [0.2, 0.25) is 0 Å². The number of halogens is 2. The number of rotatable bonds is 11. The lowest BCUT2D eigenvalue weighted by atomic mass is 10.1. The molecule has 0 aliphatic carbocycles. The molecule has 0 radical (unpaired) electrons. The molecule has 166 valence electrons. The molecule has 0 spiro atoms. The van der Waals surface area contributed by atoms with Crippen molar-refractivity contribution < 1.29 is 13.9 Å². The van der Waals surface area contributed by atoms with Gasteiger partial charge in [0.25, 0.3) is 0 Å². The van der Waals surface area contributed by atoms with Gasteiger partial charge in [0, 0.05) is 36.2 Å². The number of ether oxygens (including phenoxy) is 2.